The zero-order chi connectivity index (χ0) is 18.8. The van der Waals surface area contributed by atoms with Crippen LogP contribution in [0.2, 0.25) is 0 Å². The SMILES string of the molecule is Cc1ccccc1-c1nnn(CC(=O)N[C@@H](C)c2ccc3c(c2)OCO3)n1. The van der Waals surface area contributed by atoms with Crippen molar-refractivity contribution in [2.24, 2.45) is 0 Å². The lowest BCUT2D eigenvalue weighted by Crippen LogP contribution is -2.30. The predicted molar refractivity (Wildman–Crippen MR) is 97.1 cm³/mol. The van der Waals surface area contributed by atoms with E-state index in [2.05, 4.69) is 20.7 Å². The van der Waals surface area contributed by atoms with Crippen LogP contribution in [0.25, 0.3) is 11.4 Å². The number of benzene rings is 2. The highest BCUT2D eigenvalue weighted by Crippen LogP contribution is 2.34. The molecule has 0 bridgehead atoms. The average Bonchev–Trinajstić information content (AvgIpc) is 3.30. The van der Waals surface area contributed by atoms with Gasteiger partial charge < -0.3 is 14.8 Å². The van der Waals surface area contributed by atoms with Crippen LogP contribution in [0, 0.1) is 6.92 Å². The average molecular weight is 365 g/mol. The van der Waals surface area contributed by atoms with Gasteiger partial charge in [0.15, 0.2) is 11.5 Å². The Kier molecular flexibility index (Phi) is 4.45. The van der Waals surface area contributed by atoms with Crippen molar-refractivity contribution in [2.45, 2.75) is 26.4 Å². The Hall–Kier alpha value is -3.42. The number of carbonyl (C=O) groups is 1. The summed E-state index contributed by atoms with van der Waals surface area (Å²) < 4.78 is 10.7. The van der Waals surface area contributed by atoms with E-state index in [1.54, 1.807) is 0 Å². The molecule has 8 nitrogen and oxygen atoms in total. The van der Waals surface area contributed by atoms with Gasteiger partial charge in [-0.1, -0.05) is 30.3 Å². The third-order valence-electron chi connectivity index (χ3n) is 4.40. The first-order valence-corrected chi connectivity index (χ1v) is 8.63. The van der Waals surface area contributed by atoms with Crippen LogP contribution in [0.4, 0.5) is 0 Å². The summed E-state index contributed by atoms with van der Waals surface area (Å²) >= 11 is 0. The van der Waals surface area contributed by atoms with Gasteiger partial charge in [0, 0.05) is 5.56 Å². The van der Waals surface area contributed by atoms with Crippen molar-refractivity contribution in [3.63, 3.8) is 0 Å². The Morgan fingerprint density at radius 2 is 2.04 bits per heavy atom. The van der Waals surface area contributed by atoms with Gasteiger partial charge in [0.05, 0.1) is 6.04 Å². The number of hydrogen-bond donors (Lipinski definition) is 1. The van der Waals surface area contributed by atoms with E-state index in [0.717, 1.165) is 16.7 Å². The molecule has 1 aliphatic rings. The van der Waals surface area contributed by atoms with Gasteiger partial charge in [-0.15, -0.1) is 10.2 Å². The number of carbonyl (C=O) groups excluding carboxylic acids is 1. The summed E-state index contributed by atoms with van der Waals surface area (Å²) in [6.07, 6.45) is 0. The molecule has 3 aromatic rings. The van der Waals surface area contributed by atoms with E-state index in [1.807, 2.05) is 56.3 Å². The Morgan fingerprint density at radius 1 is 1.22 bits per heavy atom. The number of nitrogens with zero attached hydrogens (tertiary/aromatic N) is 4. The number of aromatic nitrogens is 4. The fourth-order valence-electron chi connectivity index (χ4n) is 2.92. The molecule has 0 saturated heterocycles. The molecule has 0 saturated carbocycles. The maximum atomic E-state index is 12.3. The van der Waals surface area contributed by atoms with Crippen molar-refractivity contribution in [2.75, 3.05) is 6.79 Å². The smallest absolute Gasteiger partial charge is 0.244 e. The van der Waals surface area contributed by atoms with Crippen molar-refractivity contribution in [1.82, 2.24) is 25.5 Å². The van der Waals surface area contributed by atoms with Crippen molar-refractivity contribution in [3.8, 4) is 22.9 Å². The third kappa shape index (κ3) is 3.59. The molecule has 1 aromatic heterocycles. The summed E-state index contributed by atoms with van der Waals surface area (Å²) in [5, 5.41) is 15.3. The first kappa shape index (κ1) is 17.0. The number of ether oxygens (including phenoxy) is 2. The molecule has 1 N–H and O–H groups in total. The molecule has 2 heterocycles. The quantitative estimate of drug-likeness (QED) is 0.746. The van der Waals surface area contributed by atoms with Gasteiger partial charge in [-0.05, 0) is 42.3 Å². The van der Waals surface area contributed by atoms with E-state index in [0.29, 0.717) is 17.3 Å². The van der Waals surface area contributed by atoms with Crippen molar-refractivity contribution in [3.05, 3.63) is 53.6 Å². The maximum Gasteiger partial charge on any atom is 0.244 e. The highest BCUT2D eigenvalue weighted by Gasteiger charge is 2.17. The molecular formula is C19H19N5O3. The zero-order valence-corrected chi connectivity index (χ0v) is 15.0. The molecule has 1 atom stereocenters. The molecule has 1 amide bonds. The molecule has 0 unspecified atom stereocenters. The second-order valence-corrected chi connectivity index (χ2v) is 6.36. The topological polar surface area (TPSA) is 91.2 Å². The first-order chi connectivity index (χ1) is 13.1. The van der Waals surface area contributed by atoms with Gasteiger partial charge in [-0.25, -0.2) is 0 Å². The van der Waals surface area contributed by atoms with Gasteiger partial charge in [0.1, 0.15) is 6.54 Å². The number of hydrogen-bond acceptors (Lipinski definition) is 6. The molecule has 0 spiro atoms. The predicted octanol–water partition coefficient (Wildman–Crippen LogP) is 2.25. The number of tetrazole rings is 1. The number of nitrogens with one attached hydrogen (secondary N) is 1. The minimum absolute atomic E-state index is 0.00618. The normalized spacial score (nSPS) is 13.4. The maximum absolute atomic E-state index is 12.3. The van der Waals surface area contributed by atoms with Crippen LogP contribution in [-0.4, -0.2) is 32.9 Å². The van der Waals surface area contributed by atoms with Gasteiger partial charge in [-0.3, -0.25) is 4.79 Å². The number of aryl methyl sites for hydroxylation is 1. The zero-order valence-electron chi connectivity index (χ0n) is 15.0. The number of fused-ring (bicyclic) bond motifs is 1. The van der Waals surface area contributed by atoms with E-state index in [9.17, 15) is 4.79 Å². The molecule has 8 heteroatoms. The van der Waals surface area contributed by atoms with E-state index < -0.39 is 0 Å². The summed E-state index contributed by atoms with van der Waals surface area (Å²) in [6.45, 7) is 4.10. The van der Waals surface area contributed by atoms with Gasteiger partial charge in [-0.2, -0.15) is 4.80 Å². The summed E-state index contributed by atoms with van der Waals surface area (Å²) in [6, 6.07) is 13.2. The largest absolute Gasteiger partial charge is 0.454 e. The fraction of sp³-hybridized carbons (Fsp3) is 0.263. The molecule has 2 aromatic carbocycles. The highest BCUT2D eigenvalue weighted by molar-refractivity contribution is 5.76. The van der Waals surface area contributed by atoms with Crippen LogP contribution in [0.15, 0.2) is 42.5 Å². The molecule has 0 fully saturated rings. The Bertz CT molecular complexity index is 985. The number of amides is 1. The van der Waals surface area contributed by atoms with E-state index >= 15 is 0 Å². The lowest BCUT2D eigenvalue weighted by atomic mass is 10.1. The minimum Gasteiger partial charge on any atom is -0.454 e. The number of rotatable bonds is 5. The minimum atomic E-state index is -0.200. The molecule has 0 aliphatic carbocycles. The molecule has 4 rings (SSSR count). The lowest BCUT2D eigenvalue weighted by Gasteiger charge is -2.14. The van der Waals surface area contributed by atoms with Crippen molar-refractivity contribution in [1.29, 1.82) is 0 Å². The highest BCUT2D eigenvalue weighted by atomic mass is 16.7. The molecule has 27 heavy (non-hydrogen) atoms. The molecule has 0 radical (unpaired) electrons. The van der Waals surface area contributed by atoms with E-state index in [-0.39, 0.29) is 25.3 Å². The molecule has 138 valence electrons. The van der Waals surface area contributed by atoms with E-state index in [4.69, 9.17) is 9.47 Å². The van der Waals surface area contributed by atoms with Crippen LogP contribution in [0.5, 0.6) is 11.5 Å². The van der Waals surface area contributed by atoms with E-state index in [1.165, 1.54) is 4.80 Å². The molecular weight excluding hydrogens is 346 g/mol. The second kappa shape index (κ2) is 7.06. The first-order valence-electron chi connectivity index (χ1n) is 8.63. The van der Waals surface area contributed by atoms with Crippen LogP contribution < -0.4 is 14.8 Å². The monoisotopic (exact) mass is 365 g/mol. The van der Waals surface area contributed by atoms with Gasteiger partial charge >= 0.3 is 0 Å². The molecule has 1 aliphatic heterocycles. The van der Waals surface area contributed by atoms with Crippen LogP contribution >= 0.6 is 0 Å². The Morgan fingerprint density at radius 3 is 2.89 bits per heavy atom. The van der Waals surface area contributed by atoms with Gasteiger partial charge in [0.25, 0.3) is 0 Å². The van der Waals surface area contributed by atoms with Gasteiger partial charge in [0.2, 0.25) is 18.5 Å². The summed E-state index contributed by atoms with van der Waals surface area (Å²) in [5.74, 6) is 1.71. The summed E-state index contributed by atoms with van der Waals surface area (Å²) in [5.41, 5.74) is 2.88. The van der Waals surface area contributed by atoms with Crippen LogP contribution in [0.3, 0.4) is 0 Å². The van der Waals surface area contributed by atoms with Crippen LogP contribution in [0.1, 0.15) is 24.1 Å². The van der Waals surface area contributed by atoms with Crippen molar-refractivity contribution >= 4 is 5.91 Å². The van der Waals surface area contributed by atoms with Crippen molar-refractivity contribution < 1.29 is 14.3 Å². The summed E-state index contributed by atoms with van der Waals surface area (Å²) in [4.78, 5) is 13.6. The second-order valence-electron chi connectivity index (χ2n) is 6.36. The lowest BCUT2D eigenvalue weighted by molar-refractivity contribution is -0.122. The fourth-order valence-corrected chi connectivity index (χ4v) is 2.92. The third-order valence-corrected chi connectivity index (χ3v) is 4.40. The summed E-state index contributed by atoms with van der Waals surface area (Å²) in [7, 11) is 0. The standard InChI is InChI=1S/C19H19N5O3/c1-12-5-3-4-6-15(12)19-21-23-24(22-19)10-18(25)20-13(2)14-7-8-16-17(9-14)27-11-26-16/h3-9,13H,10-11H2,1-2H3,(H,20,25)/t13-/m0/s1. The Labute approximate surface area is 156 Å². The van der Waals surface area contributed by atoms with Crippen LogP contribution in [-0.2, 0) is 11.3 Å². The Balaban J connectivity index is 1.40.